The fraction of sp³-hybridized carbons (Fsp3) is 0.286. The van der Waals surface area contributed by atoms with E-state index in [0.717, 1.165) is 18.5 Å². The smallest absolute Gasteiger partial charge is 0.335 e. The fourth-order valence-electron chi connectivity index (χ4n) is 2.49. The SMILES string of the molecule is O=C(O)c1ccc(N/N=C2\CC3C=CCC23)cc1. The summed E-state index contributed by atoms with van der Waals surface area (Å²) in [6.07, 6.45) is 6.63. The van der Waals surface area contributed by atoms with E-state index < -0.39 is 5.97 Å². The van der Waals surface area contributed by atoms with Crippen LogP contribution in [0.4, 0.5) is 5.69 Å². The van der Waals surface area contributed by atoms with Gasteiger partial charge in [-0.1, -0.05) is 12.2 Å². The van der Waals surface area contributed by atoms with Gasteiger partial charge in [-0.05, 0) is 43.0 Å². The zero-order chi connectivity index (χ0) is 12.5. The quantitative estimate of drug-likeness (QED) is 0.632. The van der Waals surface area contributed by atoms with Crippen molar-refractivity contribution in [1.82, 2.24) is 0 Å². The third kappa shape index (κ3) is 1.90. The molecule has 2 unspecified atom stereocenters. The van der Waals surface area contributed by atoms with E-state index in [1.807, 2.05) is 0 Å². The number of nitrogens with zero attached hydrogens (tertiary/aromatic N) is 1. The van der Waals surface area contributed by atoms with Gasteiger partial charge in [0.1, 0.15) is 0 Å². The van der Waals surface area contributed by atoms with Gasteiger partial charge in [0, 0.05) is 11.6 Å². The molecule has 18 heavy (non-hydrogen) atoms. The highest BCUT2D eigenvalue weighted by atomic mass is 16.4. The zero-order valence-electron chi connectivity index (χ0n) is 9.84. The third-order valence-electron chi connectivity index (χ3n) is 3.62. The molecule has 0 spiro atoms. The Kier molecular flexibility index (Phi) is 2.63. The molecule has 1 fully saturated rings. The summed E-state index contributed by atoms with van der Waals surface area (Å²) in [7, 11) is 0. The summed E-state index contributed by atoms with van der Waals surface area (Å²) in [6, 6.07) is 6.62. The number of hydrazone groups is 1. The van der Waals surface area contributed by atoms with Crippen molar-refractivity contribution in [2.45, 2.75) is 12.8 Å². The lowest BCUT2D eigenvalue weighted by Crippen LogP contribution is -2.33. The maximum absolute atomic E-state index is 10.7. The Balaban J connectivity index is 1.63. The number of anilines is 1. The van der Waals surface area contributed by atoms with Crippen molar-refractivity contribution in [2.24, 2.45) is 16.9 Å². The molecule has 2 aliphatic rings. The number of hydrogen-bond acceptors (Lipinski definition) is 3. The van der Waals surface area contributed by atoms with Gasteiger partial charge in [0.15, 0.2) is 0 Å². The van der Waals surface area contributed by atoms with Crippen LogP contribution in [-0.4, -0.2) is 16.8 Å². The number of fused-ring (bicyclic) bond motifs is 1. The number of nitrogens with one attached hydrogen (secondary N) is 1. The minimum atomic E-state index is -0.910. The summed E-state index contributed by atoms with van der Waals surface area (Å²) >= 11 is 0. The maximum Gasteiger partial charge on any atom is 0.335 e. The number of aromatic carboxylic acids is 1. The van der Waals surface area contributed by atoms with Crippen LogP contribution < -0.4 is 5.43 Å². The summed E-state index contributed by atoms with van der Waals surface area (Å²) in [4.78, 5) is 10.7. The lowest BCUT2D eigenvalue weighted by Gasteiger charge is -2.31. The van der Waals surface area contributed by atoms with Gasteiger partial charge in [-0.2, -0.15) is 5.10 Å². The van der Waals surface area contributed by atoms with E-state index in [4.69, 9.17) is 5.11 Å². The number of rotatable bonds is 3. The number of carboxylic acid groups (broad SMARTS) is 1. The Morgan fingerprint density at radius 1 is 1.33 bits per heavy atom. The first-order valence-corrected chi connectivity index (χ1v) is 6.06. The Morgan fingerprint density at radius 2 is 2.11 bits per heavy atom. The molecule has 0 amide bonds. The van der Waals surface area contributed by atoms with Gasteiger partial charge in [0.05, 0.1) is 11.3 Å². The Labute approximate surface area is 105 Å². The first kappa shape index (κ1) is 11.0. The van der Waals surface area contributed by atoms with Crippen LogP contribution in [0.15, 0.2) is 41.5 Å². The molecule has 0 heterocycles. The predicted molar refractivity (Wildman–Crippen MR) is 69.8 cm³/mol. The molecule has 0 aromatic heterocycles. The second-order valence-corrected chi connectivity index (χ2v) is 4.74. The molecule has 0 saturated heterocycles. The van der Waals surface area contributed by atoms with E-state index in [9.17, 15) is 4.79 Å². The van der Waals surface area contributed by atoms with Crippen molar-refractivity contribution in [3.05, 3.63) is 42.0 Å². The van der Waals surface area contributed by atoms with E-state index in [2.05, 4.69) is 22.7 Å². The zero-order valence-corrected chi connectivity index (χ0v) is 9.84. The normalized spacial score (nSPS) is 26.8. The lowest BCUT2D eigenvalue weighted by molar-refractivity contribution is 0.0697. The molecule has 4 heteroatoms. The first-order valence-electron chi connectivity index (χ1n) is 6.06. The second-order valence-electron chi connectivity index (χ2n) is 4.74. The summed E-state index contributed by atoms with van der Waals surface area (Å²) < 4.78 is 0. The van der Waals surface area contributed by atoms with Gasteiger partial charge in [0.2, 0.25) is 0 Å². The first-order chi connectivity index (χ1) is 8.74. The lowest BCUT2D eigenvalue weighted by atomic mass is 9.74. The monoisotopic (exact) mass is 242 g/mol. The molecule has 0 aliphatic heterocycles. The van der Waals surface area contributed by atoms with Gasteiger partial charge in [-0.15, -0.1) is 0 Å². The van der Waals surface area contributed by atoms with Crippen molar-refractivity contribution in [1.29, 1.82) is 0 Å². The van der Waals surface area contributed by atoms with Gasteiger partial charge in [0.25, 0.3) is 0 Å². The van der Waals surface area contributed by atoms with Crippen LogP contribution in [0.5, 0.6) is 0 Å². The van der Waals surface area contributed by atoms with E-state index in [0.29, 0.717) is 11.8 Å². The highest BCUT2D eigenvalue weighted by Crippen LogP contribution is 2.40. The minimum Gasteiger partial charge on any atom is -0.478 e. The molecule has 4 nitrogen and oxygen atoms in total. The van der Waals surface area contributed by atoms with E-state index in [-0.39, 0.29) is 5.56 Å². The van der Waals surface area contributed by atoms with Crippen LogP contribution >= 0.6 is 0 Å². The second kappa shape index (κ2) is 4.29. The molecule has 1 aromatic carbocycles. The molecular formula is C14H14N2O2. The third-order valence-corrected chi connectivity index (χ3v) is 3.62. The average molecular weight is 242 g/mol. The maximum atomic E-state index is 10.7. The average Bonchev–Trinajstić information content (AvgIpc) is 2.72. The van der Waals surface area contributed by atoms with Crippen LogP contribution in [0.25, 0.3) is 0 Å². The van der Waals surface area contributed by atoms with Gasteiger partial charge in [-0.3, -0.25) is 5.43 Å². The summed E-state index contributed by atoms with van der Waals surface area (Å²) in [5.74, 6) is 0.377. The van der Waals surface area contributed by atoms with Crippen molar-refractivity contribution < 1.29 is 9.90 Å². The standard InChI is InChI=1S/C14H14N2O2/c17-14(18)9-4-6-11(7-5-9)15-16-13-8-10-2-1-3-12(10)13/h1-2,4-7,10,12,15H,3,8H2,(H,17,18)/b16-13+. The van der Waals surface area contributed by atoms with Crippen molar-refractivity contribution in [3.8, 4) is 0 Å². The molecule has 0 bridgehead atoms. The highest BCUT2D eigenvalue weighted by molar-refractivity contribution is 5.94. The van der Waals surface area contributed by atoms with Gasteiger partial charge in [-0.25, -0.2) is 4.79 Å². The number of benzene rings is 1. The Bertz CT molecular complexity index is 531. The number of carboxylic acids is 1. The van der Waals surface area contributed by atoms with Crippen molar-refractivity contribution >= 4 is 17.4 Å². The molecule has 1 aromatic rings. The van der Waals surface area contributed by atoms with Crippen LogP contribution in [0, 0.1) is 11.8 Å². The summed E-state index contributed by atoms with van der Waals surface area (Å²) in [6.45, 7) is 0. The topological polar surface area (TPSA) is 61.7 Å². The van der Waals surface area contributed by atoms with Gasteiger partial charge >= 0.3 is 5.97 Å². The van der Waals surface area contributed by atoms with E-state index in [1.54, 1.807) is 24.3 Å². The van der Waals surface area contributed by atoms with Gasteiger partial charge < -0.3 is 5.11 Å². The molecule has 2 N–H and O–H groups in total. The van der Waals surface area contributed by atoms with Crippen molar-refractivity contribution in [2.75, 3.05) is 5.43 Å². The fourth-order valence-corrected chi connectivity index (χ4v) is 2.49. The number of carbonyl (C=O) groups is 1. The van der Waals surface area contributed by atoms with Crippen LogP contribution in [0.3, 0.4) is 0 Å². The summed E-state index contributed by atoms with van der Waals surface area (Å²) in [5.41, 5.74) is 5.32. The van der Waals surface area contributed by atoms with E-state index in [1.165, 1.54) is 5.71 Å². The van der Waals surface area contributed by atoms with Crippen LogP contribution in [-0.2, 0) is 0 Å². The highest BCUT2D eigenvalue weighted by Gasteiger charge is 2.37. The number of hydrogen-bond donors (Lipinski definition) is 2. The number of allylic oxidation sites excluding steroid dienone is 2. The Morgan fingerprint density at radius 3 is 2.78 bits per heavy atom. The molecular weight excluding hydrogens is 228 g/mol. The Hall–Kier alpha value is -2.10. The molecule has 1 saturated carbocycles. The molecule has 2 atom stereocenters. The molecule has 3 rings (SSSR count). The minimum absolute atomic E-state index is 0.289. The predicted octanol–water partition coefficient (Wildman–Crippen LogP) is 2.75. The van der Waals surface area contributed by atoms with Crippen LogP contribution in [0.1, 0.15) is 23.2 Å². The van der Waals surface area contributed by atoms with E-state index >= 15 is 0 Å². The van der Waals surface area contributed by atoms with Crippen molar-refractivity contribution in [3.63, 3.8) is 0 Å². The largest absolute Gasteiger partial charge is 0.478 e. The molecule has 2 aliphatic carbocycles. The molecule has 92 valence electrons. The summed E-state index contributed by atoms with van der Waals surface area (Å²) in [5, 5.41) is 13.2. The molecule has 0 radical (unpaired) electrons. The van der Waals surface area contributed by atoms with Crippen LogP contribution in [0.2, 0.25) is 0 Å².